The summed E-state index contributed by atoms with van der Waals surface area (Å²) < 4.78 is 5.52. The van der Waals surface area contributed by atoms with Gasteiger partial charge in [0, 0.05) is 6.20 Å². The Balaban J connectivity index is 1.75. The van der Waals surface area contributed by atoms with Crippen molar-refractivity contribution in [2.24, 2.45) is 5.92 Å². The van der Waals surface area contributed by atoms with Gasteiger partial charge in [-0.3, -0.25) is 4.98 Å². The van der Waals surface area contributed by atoms with E-state index in [0.717, 1.165) is 31.7 Å². The molecule has 0 saturated carbocycles. The average molecular weight is 236 g/mol. The predicted molar refractivity (Wildman–Crippen MR) is 66.0 cm³/mol. The number of piperidine rings is 1. The average Bonchev–Trinajstić information content (AvgIpc) is 2.38. The maximum Gasteiger partial charge on any atom is 0.137 e. The molecular weight excluding hydrogens is 216 g/mol. The number of ether oxygens (including phenoxy) is 1. The molecule has 2 rings (SSSR count). The maximum atomic E-state index is 10.1. The Morgan fingerprint density at radius 1 is 1.53 bits per heavy atom. The third-order valence-electron chi connectivity index (χ3n) is 3.36. The van der Waals surface area contributed by atoms with E-state index in [1.165, 1.54) is 0 Å². The first-order chi connectivity index (χ1) is 8.25. The van der Waals surface area contributed by atoms with Crippen LogP contribution in [0.1, 0.15) is 12.8 Å². The van der Waals surface area contributed by atoms with Crippen LogP contribution < -0.4 is 4.74 Å². The van der Waals surface area contributed by atoms with Gasteiger partial charge in [0.15, 0.2) is 0 Å². The van der Waals surface area contributed by atoms with Crippen LogP contribution in [-0.2, 0) is 0 Å². The largest absolute Gasteiger partial charge is 0.489 e. The molecule has 1 saturated heterocycles. The van der Waals surface area contributed by atoms with Crippen LogP contribution in [0.4, 0.5) is 0 Å². The Labute approximate surface area is 102 Å². The highest BCUT2D eigenvalue weighted by molar-refractivity contribution is 5.15. The number of aliphatic hydroxyl groups excluding tert-OH is 1. The number of rotatable bonds is 4. The second kappa shape index (κ2) is 5.98. The number of nitrogens with zero attached hydrogens (tertiary/aromatic N) is 2. The molecule has 94 valence electrons. The maximum absolute atomic E-state index is 10.1. The second-order valence-corrected chi connectivity index (χ2v) is 4.71. The minimum absolute atomic E-state index is 0.361. The molecule has 0 spiro atoms. The van der Waals surface area contributed by atoms with Gasteiger partial charge in [0.05, 0.1) is 12.3 Å². The van der Waals surface area contributed by atoms with Crippen molar-refractivity contribution in [1.82, 2.24) is 9.88 Å². The van der Waals surface area contributed by atoms with Crippen molar-refractivity contribution in [3.63, 3.8) is 0 Å². The van der Waals surface area contributed by atoms with E-state index in [-0.39, 0.29) is 6.10 Å². The lowest BCUT2D eigenvalue weighted by molar-refractivity contribution is 0.0297. The summed E-state index contributed by atoms with van der Waals surface area (Å²) in [4.78, 5) is 6.27. The van der Waals surface area contributed by atoms with E-state index in [4.69, 9.17) is 4.74 Å². The Morgan fingerprint density at radius 2 is 2.29 bits per heavy atom. The van der Waals surface area contributed by atoms with Crippen molar-refractivity contribution >= 4 is 0 Å². The van der Waals surface area contributed by atoms with Gasteiger partial charge in [0.1, 0.15) is 12.4 Å². The van der Waals surface area contributed by atoms with E-state index in [1.807, 2.05) is 12.1 Å². The zero-order valence-electron chi connectivity index (χ0n) is 10.2. The fourth-order valence-corrected chi connectivity index (χ4v) is 2.16. The van der Waals surface area contributed by atoms with Crippen LogP contribution in [0.25, 0.3) is 0 Å². The lowest BCUT2D eigenvalue weighted by atomic mass is 9.92. The van der Waals surface area contributed by atoms with Crippen LogP contribution in [-0.4, -0.2) is 47.8 Å². The standard InChI is InChI=1S/C13H20N2O2/c1-15-7-4-11(5-8-15)13(16)10-17-12-3-2-6-14-9-12/h2-3,6,9,11,13,16H,4-5,7-8,10H2,1H3. The molecule has 1 aromatic heterocycles. The van der Waals surface area contributed by atoms with Gasteiger partial charge in [0.25, 0.3) is 0 Å². The molecule has 0 amide bonds. The Kier molecular flexibility index (Phi) is 4.34. The number of aromatic nitrogens is 1. The molecule has 0 aromatic carbocycles. The molecule has 2 heterocycles. The van der Waals surface area contributed by atoms with Gasteiger partial charge in [0.2, 0.25) is 0 Å². The Morgan fingerprint density at radius 3 is 2.94 bits per heavy atom. The second-order valence-electron chi connectivity index (χ2n) is 4.71. The molecule has 0 aliphatic carbocycles. The van der Waals surface area contributed by atoms with Crippen LogP contribution >= 0.6 is 0 Å². The van der Waals surface area contributed by atoms with Gasteiger partial charge in [-0.25, -0.2) is 0 Å². The Hall–Kier alpha value is -1.13. The highest BCUT2D eigenvalue weighted by Gasteiger charge is 2.24. The molecule has 17 heavy (non-hydrogen) atoms. The number of hydrogen-bond acceptors (Lipinski definition) is 4. The fraction of sp³-hybridized carbons (Fsp3) is 0.615. The third kappa shape index (κ3) is 3.68. The lowest BCUT2D eigenvalue weighted by Gasteiger charge is -2.31. The van der Waals surface area contributed by atoms with E-state index in [1.54, 1.807) is 12.4 Å². The van der Waals surface area contributed by atoms with Gasteiger partial charge in [-0.1, -0.05) is 0 Å². The third-order valence-corrected chi connectivity index (χ3v) is 3.36. The normalized spacial score (nSPS) is 20.1. The lowest BCUT2D eigenvalue weighted by Crippen LogP contribution is -2.37. The van der Waals surface area contributed by atoms with E-state index >= 15 is 0 Å². The highest BCUT2D eigenvalue weighted by atomic mass is 16.5. The molecular formula is C13H20N2O2. The minimum Gasteiger partial charge on any atom is -0.489 e. The molecule has 0 radical (unpaired) electrons. The van der Waals surface area contributed by atoms with E-state index in [9.17, 15) is 5.11 Å². The SMILES string of the molecule is CN1CCC(C(O)COc2cccnc2)CC1. The number of pyridine rings is 1. The molecule has 1 N–H and O–H groups in total. The molecule has 1 atom stereocenters. The number of likely N-dealkylation sites (tertiary alicyclic amines) is 1. The van der Waals surface area contributed by atoms with Crippen LogP contribution in [0.3, 0.4) is 0 Å². The molecule has 1 aromatic rings. The predicted octanol–water partition coefficient (Wildman–Crippen LogP) is 1.16. The zero-order valence-corrected chi connectivity index (χ0v) is 10.2. The van der Waals surface area contributed by atoms with Crippen molar-refractivity contribution in [2.75, 3.05) is 26.7 Å². The molecule has 1 aliphatic rings. The van der Waals surface area contributed by atoms with E-state index < -0.39 is 0 Å². The van der Waals surface area contributed by atoms with Crippen molar-refractivity contribution in [3.8, 4) is 5.75 Å². The van der Waals surface area contributed by atoms with Crippen molar-refractivity contribution in [1.29, 1.82) is 0 Å². The smallest absolute Gasteiger partial charge is 0.137 e. The quantitative estimate of drug-likeness (QED) is 0.852. The van der Waals surface area contributed by atoms with Crippen LogP contribution in [0.15, 0.2) is 24.5 Å². The van der Waals surface area contributed by atoms with Crippen molar-refractivity contribution < 1.29 is 9.84 Å². The summed E-state index contributed by atoms with van der Waals surface area (Å²) in [5.41, 5.74) is 0. The van der Waals surface area contributed by atoms with Crippen LogP contribution in [0, 0.1) is 5.92 Å². The van der Waals surface area contributed by atoms with Crippen molar-refractivity contribution in [3.05, 3.63) is 24.5 Å². The first-order valence-corrected chi connectivity index (χ1v) is 6.15. The zero-order chi connectivity index (χ0) is 12.1. The Bertz CT molecular complexity index is 323. The molecule has 1 unspecified atom stereocenters. The summed E-state index contributed by atoms with van der Waals surface area (Å²) in [5.74, 6) is 1.09. The van der Waals surface area contributed by atoms with Crippen LogP contribution in [0.2, 0.25) is 0 Å². The topological polar surface area (TPSA) is 45.6 Å². The fourth-order valence-electron chi connectivity index (χ4n) is 2.16. The number of hydrogen-bond donors (Lipinski definition) is 1. The molecule has 1 aliphatic heterocycles. The van der Waals surface area contributed by atoms with Crippen LogP contribution in [0.5, 0.6) is 5.75 Å². The van der Waals surface area contributed by atoms with Crippen molar-refractivity contribution in [2.45, 2.75) is 18.9 Å². The number of aliphatic hydroxyl groups is 1. The van der Waals surface area contributed by atoms with E-state index in [2.05, 4.69) is 16.9 Å². The molecule has 4 heteroatoms. The molecule has 4 nitrogen and oxygen atoms in total. The minimum atomic E-state index is -0.371. The summed E-state index contributed by atoms with van der Waals surface area (Å²) in [7, 11) is 2.12. The van der Waals surface area contributed by atoms with Gasteiger partial charge >= 0.3 is 0 Å². The summed E-state index contributed by atoms with van der Waals surface area (Å²) in [6, 6.07) is 3.69. The first-order valence-electron chi connectivity index (χ1n) is 6.15. The van der Waals surface area contributed by atoms with Gasteiger partial charge in [-0.05, 0) is 51.0 Å². The molecule has 1 fully saturated rings. The summed E-state index contributed by atoms with van der Waals surface area (Å²) in [6.45, 7) is 2.49. The first kappa shape index (κ1) is 12.3. The van der Waals surface area contributed by atoms with E-state index in [0.29, 0.717) is 12.5 Å². The van der Waals surface area contributed by atoms with Gasteiger partial charge < -0.3 is 14.7 Å². The monoisotopic (exact) mass is 236 g/mol. The molecule has 0 bridgehead atoms. The highest BCUT2D eigenvalue weighted by Crippen LogP contribution is 2.20. The van der Waals surface area contributed by atoms with Gasteiger partial charge in [-0.15, -0.1) is 0 Å². The summed E-state index contributed by atoms with van der Waals surface area (Å²) in [5, 5.41) is 10.1. The summed E-state index contributed by atoms with van der Waals surface area (Å²) in [6.07, 6.45) is 5.10. The summed E-state index contributed by atoms with van der Waals surface area (Å²) >= 11 is 0. The van der Waals surface area contributed by atoms with Gasteiger partial charge in [-0.2, -0.15) is 0 Å².